The zero-order chi connectivity index (χ0) is 11.7. The van der Waals surface area contributed by atoms with E-state index in [9.17, 15) is 4.79 Å². The largest absolute Gasteiger partial charge is 0.461 e. The molecule has 0 aliphatic carbocycles. The maximum Gasteiger partial charge on any atom is 0.360 e. The molecule has 0 radical (unpaired) electrons. The minimum atomic E-state index is -0.589. The first-order valence-corrected chi connectivity index (χ1v) is 5.42. The quantitative estimate of drug-likeness (QED) is 0.730. The van der Waals surface area contributed by atoms with E-state index in [2.05, 4.69) is 10.1 Å². The van der Waals surface area contributed by atoms with Crippen molar-refractivity contribution in [2.45, 2.75) is 13.8 Å². The molecule has 0 aromatic carbocycles. The lowest BCUT2D eigenvalue weighted by Gasteiger charge is -1.97. The number of carbonyl (C=O) groups is 1. The molecular formula is C9H8N4O2S. The van der Waals surface area contributed by atoms with Gasteiger partial charge in [-0.2, -0.15) is 14.9 Å². The number of ether oxygens (including phenoxy) is 1. The molecule has 0 fully saturated rings. The molecule has 2 aromatic heterocycles. The third-order valence-electron chi connectivity index (χ3n) is 1.88. The van der Waals surface area contributed by atoms with E-state index in [-0.39, 0.29) is 18.0 Å². The van der Waals surface area contributed by atoms with Crippen LogP contribution in [0.3, 0.4) is 0 Å². The highest BCUT2D eigenvalue weighted by Crippen LogP contribution is 2.18. The summed E-state index contributed by atoms with van der Waals surface area (Å²) in [5.74, 6) is -0.589. The Labute approximate surface area is 95.1 Å². The van der Waals surface area contributed by atoms with Crippen LogP contribution in [-0.2, 0) is 4.74 Å². The Bertz CT molecular complexity index is 592. The van der Waals surface area contributed by atoms with Crippen molar-refractivity contribution in [3.63, 3.8) is 0 Å². The Morgan fingerprint density at radius 2 is 2.44 bits per heavy atom. The summed E-state index contributed by atoms with van der Waals surface area (Å²) in [6, 6.07) is 1.92. The highest BCUT2D eigenvalue weighted by molar-refractivity contribution is 7.16. The second-order valence-corrected chi connectivity index (χ2v) is 4.12. The average Bonchev–Trinajstić information content (AvgIpc) is 2.73. The molecule has 0 saturated carbocycles. The lowest BCUT2D eigenvalue weighted by atomic mass is 10.3. The van der Waals surface area contributed by atoms with E-state index in [0.29, 0.717) is 4.96 Å². The lowest BCUT2D eigenvalue weighted by molar-refractivity contribution is 0.0520. The molecule has 2 heterocycles. The first-order valence-electron chi connectivity index (χ1n) is 4.60. The standard InChI is InChI=1S/C9H8N4O2S/c1-3-15-8(14)7-6(4-10)13-9(11-7)16-5(2)12-13/h3H2,1-2H3. The molecule has 0 spiro atoms. The number of esters is 1. The molecule has 0 unspecified atom stereocenters. The van der Waals surface area contributed by atoms with E-state index in [1.165, 1.54) is 15.9 Å². The van der Waals surface area contributed by atoms with Crippen molar-refractivity contribution in [3.8, 4) is 6.07 Å². The number of aromatic nitrogens is 3. The predicted octanol–water partition coefficient (Wildman–Crippen LogP) is 1.15. The Balaban J connectivity index is 2.58. The molecule has 6 nitrogen and oxygen atoms in total. The zero-order valence-electron chi connectivity index (χ0n) is 8.72. The van der Waals surface area contributed by atoms with E-state index < -0.39 is 5.97 Å². The minimum absolute atomic E-state index is 0.0306. The smallest absolute Gasteiger partial charge is 0.360 e. The van der Waals surface area contributed by atoms with Crippen LogP contribution < -0.4 is 0 Å². The van der Waals surface area contributed by atoms with Gasteiger partial charge in [-0.25, -0.2) is 9.78 Å². The number of hydrogen-bond donors (Lipinski definition) is 0. The van der Waals surface area contributed by atoms with Gasteiger partial charge in [-0.3, -0.25) is 0 Å². The van der Waals surface area contributed by atoms with E-state index in [4.69, 9.17) is 10.00 Å². The van der Waals surface area contributed by atoms with Crippen molar-refractivity contribution >= 4 is 22.3 Å². The molecule has 0 aliphatic heterocycles. The summed E-state index contributed by atoms with van der Waals surface area (Å²) in [5, 5.41) is 13.9. The lowest BCUT2D eigenvalue weighted by Crippen LogP contribution is -2.07. The van der Waals surface area contributed by atoms with Gasteiger partial charge in [0.2, 0.25) is 4.96 Å². The molecule has 2 rings (SSSR count). The summed E-state index contributed by atoms with van der Waals surface area (Å²) in [5.41, 5.74) is 0.154. The van der Waals surface area contributed by atoms with Gasteiger partial charge in [-0.05, 0) is 13.8 Å². The van der Waals surface area contributed by atoms with Crippen molar-refractivity contribution in [1.29, 1.82) is 5.26 Å². The van der Waals surface area contributed by atoms with E-state index in [1.54, 1.807) is 6.92 Å². The molecule has 0 N–H and O–H groups in total. The van der Waals surface area contributed by atoms with Crippen LogP contribution in [0.5, 0.6) is 0 Å². The molecule has 16 heavy (non-hydrogen) atoms. The zero-order valence-corrected chi connectivity index (χ0v) is 9.54. The summed E-state index contributed by atoms with van der Waals surface area (Å²) >= 11 is 1.32. The van der Waals surface area contributed by atoms with Gasteiger partial charge >= 0.3 is 5.97 Å². The van der Waals surface area contributed by atoms with Crippen molar-refractivity contribution < 1.29 is 9.53 Å². The molecule has 0 atom stereocenters. The summed E-state index contributed by atoms with van der Waals surface area (Å²) in [6.45, 7) is 3.76. The number of carbonyl (C=O) groups excluding carboxylic acids is 1. The number of hydrogen-bond acceptors (Lipinski definition) is 6. The van der Waals surface area contributed by atoms with Gasteiger partial charge in [0.25, 0.3) is 0 Å². The Morgan fingerprint density at radius 3 is 3.06 bits per heavy atom. The maximum absolute atomic E-state index is 11.5. The van der Waals surface area contributed by atoms with Crippen LogP contribution in [0.25, 0.3) is 4.96 Å². The molecule has 0 saturated heterocycles. The van der Waals surface area contributed by atoms with Gasteiger partial charge < -0.3 is 4.74 Å². The van der Waals surface area contributed by atoms with Crippen molar-refractivity contribution in [1.82, 2.24) is 14.6 Å². The monoisotopic (exact) mass is 236 g/mol. The van der Waals surface area contributed by atoms with Crippen LogP contribution in [0.2, 0.25) is 0 Å². The molecular weight excluding hydrogens is 228 g/mol. The summed E-state index contributed by atoms with van der Waals surface area (Å²) < 4.78 is 6.18. The second kappa shape index (κ2) is 3.90. The second-order valence-electron chi connectivity index (χ2n) is 2.96. The minimum Gasteiger partial charge on any atom is -0.461 e. The Kier molecular flexibility index (Phi) is 2.58. The van der Waals surface area contributed by atoms with Crippen molar-refractivity contribution in [2.75, 3.05) is 6.61 Å². The third-order valence-corrected chi connectivity index (χ3v) is 2.70. The van der Waals surface area contributed by atoms with Crippen molar-refractivity contribution in [2.24, 2.45) is 0 Å². The van der Waals surface area contributed by atoms with Crippen LogP contribution in [0.15, 0.2) is 0 Å². The van der Waals surface area contributed by atoms with Gasteiger partial charge in [0.05, 0.1) is 6.61 Å². The van der Waals surface area contributed by atoms with Crippen LogP contribution in [0.1, 0.15) is 28.1 Å². The number of nitrogens with zero attached hydrogens (tertiary/aromatic N) is 4. The highest BCUT2D eigenvalue weighted by atomic mass is 32.1. The number of fused-ring (bicyclic) bond motifs is 1. The van der Waals surface area contributed by atoms with Crippen LogP contribution >= 0.6 is 11.3 Å². The normalized spacial score (nSPS) is 10.3. The third kappa shape index (κ3) is 1.53. The van der Waals surface area contributed by atoms with Gasteiger partial charge in [-0.1, -0.05) is 11.3 Å². The first kappa shape index (κ1) is 10.6. The number of rotatable bonds is 2. The maximum atomic E-state index is 11.5. The Morgan fingerprint density at radius 1 is 1.69 bits per heavy atom. The molecule has 82 valence electrons. The molecule has 0 bridgehead atoms. The van der Waals surface area contributed by atoms with Gasteiger partial charge in [0.15, 0.2) is 11.4 Å². The summed E-state index contributed by atoms with van der Waals surface area (Å²) in [7, 11) is 0. The van der Waals surface area contributed by atoms with Crippen LogP contribution in [0, 0.1) is 18.3 Å². The molecule has 0 aliphatic rings. The SMILES string of the molecule is CCOC(=O)c1nc2sc(C)nn2c1C#N. The summed E-state index contributed by atoms with van der Waals surface area (Å²) in [4.78, 5) is 16.1. The molecule has 0 amide bonds. The summed E-state index contributed by atoms with van der Waals surface area (Å²) in [6.07, 6.45) is 0. The van der Waals surface area contributed by atoms with Crippen LogP contribution in [0.4, 0.5) is 0 Å². The fourth-order valence-corrected chi connectivity index (χ4v) is 2.03. The number of imidazole rings is 1. The van der Waals surface area contributed by atoms with Gasteiger partial charge in [-0.15, -0.1) is 0 Å². The van der Waals surface area contributed by atoms with Gasteiger partial charge in [0, 0.05) is 0 Å². The number of nitriles is 1. The molecule has 2 aromatic rings. The van der Waals surface area contributed by atoms with Crippen molar-refractivity contribution in [3.05, 3.63) is 16.4 Å². The topological polar surface area (TPSA) is 80.3 Å². The Hall–Kier alpha value is -1.94. The van der Waals surface area contributed by atoms with Crippen LogP contribution in [-0.4, -0.2) is 27.2 Å². The van der Waals surface area contributed by atoms with E-state index >= 15 is 0 Å². The average molecular weight is 236 g/mol. The predicted molar refractivity (Wildman–Crippen MR) is 56.3 cm³/mol. The first-order chi connectivity index (χ1) is 7.67. The molecule has 7 heteroatoms. The van der Waals surface area contributed by atoms with E-state index in [1.807, 2.05) is 13.0 Å². The fraction of sp³-hybridized carbons (Fsp3) is 0.333. The van der Waals surface area contributed by atoms with Gasteiger partial charge in [0.1, 0.15) is 11.1 Å². The van der Waals surface area contributed by atoms with E-state index in [0.717, 1.165) is 5.01 Å². The highest BCUT2D eigenvalue weighted by Gasteiger charge is 2.22. The number of aryl methyl sites for hydroxylation is 1. The fourth-order valence-electron chi connectivity index (χ4n) is 1.29.